The van der Waals surface area contributed by atoms with E-state index in [4.69, 9.17) is 5.11 Å². The van der Waals surface area contributed by atoms with Gasteiger partial charge < -0.3 is 10.00 Å². The van der Waals surface area contributed by atoms with Gasteiger partial charge >= 0.3 is 5.97 Å². The van der Waals surface area contributed by atoms with Gasteiger partial charge in [0.25, 0.3) is 7.37 Å². The van der Waals surface area contributed by atoms with E-state index < -0.39 is 59.3 Å². The molecule has 0 saturated carbocycles. The Balaban J connectivity index is 2.53. The van der Waals surface area contributed by atoms with Crippen LogP contribution in [0.15, 0.2) is 30.3 Å². The van der Waals surface area contributed by atoms with E-state index in [9.17, 15) is 36.2 Å². The Labute approximate surface area is 144 Å². The quantitative estimate of drug-likeness (QED) is 0.348. The summed E-state index contributed by atoms with van der Waals surface area (Å²) in [6.45, 7) is 1.28. The number of carboxylic acids is 1. The summed E-state index contributed by atoms with van der Waals surface area (Å²) in [5, 5.41) is 8.38. The van der Waals surface area contributed by atoms with Gasteiger partial charge in [0.05, 0.1) is 5.92 Å². The van der Waals surface area contributed by atoms with Gasteiger partial charge in [0, 0.05) is 10.9 Å². The lowest BCUT2D eigenvalue weighted by molar-refractivity contribution is -0.138. The molecule has 0 radical (unpaired) electrons. The zero-order chi connectivity index (χ0) is 19.8. The standard InChI is InChI=1S/C16H12F5O4P/c1-7(16(22)23)8-3-2-4-9(5-8)26(24,25)15(21)10-6-11(17)13(19)14(20)12(10)18/h2-7,15H,1H3,(H,22,23)(H,24,25). The molecule has 3 unspecified atom stereocenters. The molecule has 140 valence electrons. The van der Waals surface area contributed by atoms with Crippen LogP contribution in [0.4, 0.5) is 22.0 Å². The molecular weight excluding hydrogens is 382 g/mol. The van der Waals surface area contributed by atoms with E-state index in [0.717, 1.165) is 12.1 Å². The van der Waals surface area contributed by atoms with Gasteiger partial charge in [-0.15, -0.1) is 0 Å². The lowest BCUT2D eigenvalue weighted by Crippen LogP contribution is -2.15. The Hall–Kier alpha value is -2.25. The van der Waals surface area contributed by atoms with Crippen LogP contribution in [0.25, 0.3) is 0 Å². The summed E-state index contributed by atoms with van der Waals surface area (Å²) in [4.78, 5) is 21.0. The molecule has 2 rings (SSSR count). The Morgan fingerprint density at radius 2 is 1.69 bits per heavy atom. The molecule has 0 aliphatic heterocycles. The zero-order valence-electron chi connectivity index (χ0n) is 13.1. The highest BCUT2D eigenvalue weighted by molar-refractivity contribution is 7.66. The third-order valence-electron chi connectivity index (χ3n) is 3.81. The Kier molecular flexibility index (Phi) is 5.53. The first-order chi connectivity index (χ1) is 12.0. The molecular formula is C16H12F5O4P. The van der Waals surface area contributed by atoms with Gasteiger partial charge in [0.15, 0.2) is 23.3 Å². The maximum Gasteiger partial charge on any atom is 0.310 e. The molecule has 0 fully saturated rings. The summed E-state index contributed by atoms with van der Waals surface area (Å²) in [5.41, 5.74) is -1.39. The van der Waals surface area contributed by atoms with Crippen LogP contribution in [0.1, 0.15) is 29.9 Å². The lowest BCUT2D eigenvalue weighted by atomic mass is 10.0. The molecule has 10 heteroatoms. The molecule has 26 heavy (non-hydrogen) atoms. The molecule has 0 heterocycles. The van der Waals surface area contributed by atoms with Gasteiger partial charge in [-0.2, -0.15) is 0 Å². The van der Waals surface area contributed by atoms with Crippen molar-refractivity contribution in [2.45, 2.75) is 18.8 Å². The summed E-state index contributed by atoms with van der Waals surface area (Å²) < 4.78 is 80.2. The van der Waals surface area contributed by atoms with Gasteiger partial charge in [-0.05, 0) is 30.7 Å². The fraction of sp³-hybridized carbons (Fsp3) is 0.188. The summed E-state index contributed by atoms with van der Waals surface area (Å²) in [6, 6.07) is 4.38. The van der Waals surface area contributed by atoms with Crippen LogP contribution in [0, 0.1) is 23.3 Å². The van der Waals surface area contributed by atoms with E-state index in [1.807, 2.05) is 0 Å². The van der Waals surface area contributed by atoms with Gasteiger partial charge in [-0.25, -0.2) is 22.0 Å². The number of alkyl halides is 1. The van der Waals surface area contributed by atoms with E-state index in [-0.39, 0.29) is 11.6 Å². The second-order valence-electron chi connectivity index (χ2n) is 5.50. The van der Waals surface area contributed by atoms with E-state index in [1.165, 1.54) is 19.1 Å². The number of rotatable bonds is 5. The Morgan fingerprint density at radius 1 is 1.08 bits per heavy atom. The zero-order valence-corrected chi connectivity index (χ0v) is 14.0. The normalized spacial score (nSPS) is 16.0. The van der Waals surface area contributed by atoms with Gasteiger partial charge in [0.2, 0.25) is 5.91 Å². The van der Waals surface area contributed by atoms with Crippen molar-refractivity contribution in [3.05, 3.63) is 64.7 Å². The minimum Gasteiger partial charge on any atom is -0.481 e. The SMILES string of the molecule is CC(C(=O)O)c1cccc(P(=O)(O)C(F)c2cc(F)c(F)c(F)c2F)c1. The average Bonchev–Trinajstić information content (AvgIpc) is 2.61. The average molecular weight is 394 g/mol. The van der Waals surface area contributed by atoms with Crippen LogP contribution in [-0.2, 0) is 9.36 Å². The fourth-order valence-corrected chi connectivity index (χ4v) is 3.68. The van der Waals surface area contributed by atoms with Crippen molar-refractivity contribution in [2.24, 2.45) is 0 Å². The molecule has 3 atom stereocenters. The second-order valence-corrected chi connectivity index (χ2v) is 7.72. The molecule has 2 N–H and O–H groups in total. The first-order valence-corrected chi connectivity index (χ1v) is 8.84. The van der Waals surface area contributed by atoms with Gasteiger partial charge in [-0.1, -0.05) is 12.1 Å². The number of carbonyl (C=O) groups is 1. The highest BCUT2D eigenvalue weighted by Crippen LogP contribution is 2.56. The minimum atomic E-state index is -5.09. The third-order valence-corrected chi connectivity index (χ3v) is 5.72. The molecule has 2 aromatic carbocycles. The maximum atomic E-state index is 14.5. The van der Waals surface area contributed by atoms with Crippen LogP contribution in [-0.4, -0.2) is 16.0 Å². The molecule has 0 aromatic heterocycles. The maximum absolute atomic E-state index is 14.5. The second kappa shape index (κ2) is 7.17. The Bertz CT molecular complexity index is 918. The largest absolute Gasteiger partial charge is 0.481 e. The van der Waals surface area contributed by atoms with Crippen molar-refractivity contribution in [2.75, 3.05) is 0 Å². The van der Waals surface area contributed by atoms with E-state index in [1.54, 1.807) is 0 Å². The van der Waals surface area contributed by atoms with Crippen LogP contribution < -0.4 is 5.30 Å². The van der Waals surface area contributed by atoms with Crippen LogP contribution in [0.2, 0.25) is 0 Å². The summed E-state index contributed by atoms with van der Waals surface area (Å²) in [5.74, 6) is -14.0. The molecule has 4 nitrogen and oxygen atoms in total. The van der Waals surface area contributed by atoms with Crippen molar-refractivity contribution >= 4 is 18.6 Å². The highest BCUT2D eigenvalue weighted by atomic mass is 31.2. The van der Waals surface area contributed by atoms with Crippen molar-refractivity contribution in [3.63, 3.8) is 0 Å². The predicted molar refractivity (Wildman–Crippen MR) is 82.1 cm³/mol. The smallest absolute Gasteiger partial charge is 0.310 e. The van der Waals surface area contributed by atoms with E-state index in [0.29, 0.717) is 0 Å². The van der Waals surface area contributed by atoms with Crippen LogP contribution >= 0.6 is 7.37 Å². The summed E-state index contributed by atoms with van der Waals surface area (Å²) in [7, 11) is -5.09. The lowest BCUT2D eigenvalue weighted by Gasteiger charge is -2.19. The molecule has 0 saturated heterocycles. The fourth-order valence-electron chi connectivity index (χ4n) is 2.22. The van der Waals surface area contributed by atoms with E-state index in [2.05, 4.69) is 0 Å². The molecule has 0 amide bonds. The van der Waals surface area contributed by atoms with Crippen molar-refractivity contribution < 1.29 is 41.3 Å². The van der Waals surface area contributed by atoms with Crippen molar-refractivity contribution in [3.8, 4) is 0 Å². The minimum absolute atomic E-state index is 0.0367. The number of aliphatic carboxylic acids is 1. The first-order valence-electron chi connectivity index (χ1n) is 7.11. The number of hydrogen-bond donors (Lipinski definition) is 2. The predicted octanol–water partition coefficient (Wildman–Crippen LogP) is 4.00. The first kappa shape index (κ1) is 20.1. The third kappa shape index (κ3) is 3.50. The number of benzene rings is 2. The van der Waals surface area contributed by atoms with Crippen molar-refractivity contribution in [1.82, 2.24) is 0 Å². The molecule has 2 aromatic rings. The number of carboxylic acid groups (broad SMARTS) is 1. The Morgan fingerprint density at radius 3 is 2.27 bits per heavy atom. The summed E-state index contributed by atoms with van der Waals surface area (Å²) >= 11 is 0. The number of halogens is 5. The molecule has 0 bridgehead atoms. The van der Waals surface area contributed by atoms with Crippen LogP contribution in [0.3, 0.4) is 0 Å². The monoisotopic (exact) mass is 394 g/mol. The van der Waals surface area contributed by atoms with E-state index >= 15 is 0 Å². The molecule has 0 spiro atoms. The highest BCUT2D eigenvalue weighted by Gasteiger charge is 2.38. The summed E-state index contributed by atoms with van der Waals surface area (Å²) in [6.07, 6.45) is 0. The number of hydrogen-bond acceptors (Lipinski definition) is 2. The topological polar surface area (TPSA) is 74.6 Å². The van der Waals surface area contributed by atoms with Crippen LogP contribution in [0.5, 0.6) is 0 Å². The van der Waals surface area contributed by atoms with Gasteiger partial charge in [0.1, 0.15) is 0 Å². The van der Waals surface area contributed by atoms with Gasteiger partial charge in [-0.3, -0.25) is 9.36 Å². The van der Waals surface area contributed by atoms with Crippen molar-refractivity contribution in [1.29, 1.82) is 0 Å². The molecule has 0 aliphatic rings. The molecule has 0 aliphatic carbocycles.